The van der Waals surface area contributed by atoms with Crippen LogP contribution in [-0.4, -0.2) is 39.9 Å². The Balaban J connectivity index is 1.61. The highest BCUT2D eigenvalue weighted by Gasteiger charge is 2.23. The molecule has 190 valence electrons. The van der Waals surface area contributed by atoms with Crippen LogP contribution in [-0.2, 0) is 0 Å². The average molecular weight is 519 g/mol. The lowest BCUT2D eigenvalue weighted by molar-refractivity contribution is 1.13. The number of hydrogen-bond acceptors (Lipinski definition) is 6. The second-order valence-corrected chi connectivity index (χ2v) is 9.65. The van der Waals surface area contributed by atoms with Crippen molar-refractivity contribution in [3.05, 3.63) is 96.6 Å². The largest absolute Gasteiger partial charge is 0.324 e. The van der Waals surface area contributed by atoms with Gasteiger partial charge in [-0.3, -0.25) is 0 Å². The Morgan fingerprint density at radius 1 is 0.425 bits per heavy atom. The van der Waals surface area contributed by atoms with E-state index < -0.39 is 0 Å². The molecule has 0 radical (unpaired) electrons. The molecule has 8 bridgehead atoms. The summed E-state index contributed by atoms with van der Waals surface area (Å²) in [5.41, 5.74) is 6.45. The summed E-state index contributed by atoms with van der Waals surface area (Å²) in [6.45, 7) is 3.99. The minimum atomic E-state index is 0.597. The first-order valence-corrected chi connectivity index (χ1v) is 13.1. The predicted molar refractivity (Wildman–Crippen MR) is 159 cm³/mol. The average Bonchev–Trinajstić information content (AvgIpc) is 3.71. The van der Waals surface area contributed by atoms with Crippen molar-refractivity contribution in [3.63, 3.8) is 0 Å². The van der Waals surface area contributed by atoms with Gasteiger partial charge in [0.05, 0.1) is 0 Å². The number of aromatic amines is 2. The number of aromatic nitrogens is 8. The normalized spacial score (nSPS) is 14.8. The predicted octanol–water partition coefficient (Wildman–Crippen LogP) is 7.04. The van der Waals surface area contributed by atoms with Crippen molar-refractivity contribution in [2.24, 2.45) is 0 Å². The summed E-state index contributed by atoms with van der Waals surface area (Å²) in [7, 11) is 0. The first-order chi connectivity index (χ1) is 19.7. The fourth-order valence-corrected chi connectivity index (χ4v) is 5.53. The molecule has 0 saturated heterocycles. The van der Waals surface area contributed by atoms with Crippen LogP contribution in [0, 0.1) is 0 Å². The summed E-state index contributed by atoms with van der Waals surface area (Å²) in [6, 6.07) is 24.2. The molecule has 0 amide bonds. The molecule has 0 saturated carbocycles. The third-order valence-corrected chi connectivity index (χ3v) is 7.40. The van der Waals surface area contributed by atoms with E-state index in [1.165, 1.54) is 0 Å². The molecular weight excluding hydrogens is 496 g/mol. The Morgan fingerprint density at radius 2 is 0.750 bits per heavy atom. The molecule has 6 aromatic rings. The van der Waals surface area contributed by atoms with Crippen LogP contribution in [0.3, 0.4) is 0 Å². The van der Waals surface area contributed by atoms with Gasteiger partial charge < -0.3 is 9.97 Å². The molecule has 3 aromatic heterocycles. The Hall–Kier alpha value is -5.50. The van der Waals surface area contributed by atoms with Crippen molar-refractivity contribution in [2.45, 2.75) is 13.8 Å². The number of allylic oxidation sites excluding steroid dienone is 4. The molecule has 0 spiro atoms. The van der Waals surface area contributed by atoms with E-state index in [-0.39, 0.29) is 0 Å². The quantitative estimate of drug-likeness (QED) is 0.223. The zero-order valence-corrected chi connectivity index (χ0v) is 21.8. The first kappa shape index (κ1) is 22.5. The molecule has 5 heterocycles. The SMILES string of the molecule is C/C=C1\C(=C/C)c2nc1nc1[nH]c(nc3nc(nc4[nH]c(n2)c2ccccc42)-c2ccccc2-3)c2ccccc12. The minimum absolute atomic E-state index is 0.597. The Kier molecular flexibility index (Phi) is 4.78. The summed E-state index contributed by atoms with van der Waals surface area (Å²) < 4.78 is 0. The van der Waals surface area contributed by atoms with Gasteiger partial charge in [0, 0.05) is 43.8 Å². The van der Waals surface area contributed by atoms with E-state index in [1.54, 1.807) is 0 Å². The van der Waals surface area contributed by atoms with Gasteiger partial charge in [-0.25, -0.2) is 29.9 Å². The fraction of sp³-hybridized carbons (Fsp3) is 0.0625. The van der Waals surface area contributed by atoms with Crippen molar-refractivity contribution in [1.29, 1.82) is 0 Å². The minimum Gasteiger partial charge on any atom is -0.324 e. The van der Waals surface area contributed by atoms with Crippen LogP contribution in [0.2, 0.25) is 0 Å². The Labute approximate surface area is 228 Å². The lowest BCUT2D eigenvalue weighted by Crippen LogP contribution is -1.85. The van der Waals surface area contributed by atoms with Crippen molar-refractivity contribution >= 4 is 55.3 Å². The van der Waals surface area contributed by atoms with E-state index >= 15 is 0 Å². The van der Waals surface area contributed by atoms with Crippen LogP contribution in [0.15, 0.2) is 84.9 Å². The molecule has 2 aliphatic rings. The van der Waals surface area contributed by atoms with Gasteiger partial charge in [0.2, 0.25) is 0 Å². The zero-order valence-electron chi connectivity index (χ0n) is 21.8. The number of nitrogens with zero attached hydrogens (tertiary/aromatic N) is 6. The van der Waals surface area contributed by atoms with Gasteiger partial charge in [0.15, 0.2) is 23.3 Å². The summed E-state index contributed by atoms with van der Waals surface area (Å²) in [6.07, 6.45) is 4.05. The smallest absolute Gasteiger partial charge is 0.164 e. The first-order valence-electron chi connectivity index (χ1n) is 13.1. The van der Waals surface area contributed by atoms with E-state index in [4.69, 9.17) is 29.9 Å². The molecule has 0 aliphatic carbocycles. The molecular formula is C32H22N8. The van der Waals surface area contributed by atoms with Gasteiger partial charge in [0.1, 0.15) is 22.6 Å². The molecule has 8 heteroatoms. The molecule has 40 heavy (non-hydrogen) atoms. The lowest BCUT2D eigenvalue weighted by atomic mass is 10.1. The van der Waals surface area contributed by atoms with Gasteiger partial charge in [-0.05, 0) is 13.8 Å². The van der Waals surface area contributed by atoms with Crippen LogP contribution < -0.4 is 0 Å². The highest BCUT2D eigenvalue weighted by molar-refractivity contribution is 6.08. The molecule has 3 aromatic carbocycles. The molecule has 8 nitrogen and oxygen atoms in total. The molecule has 0 atom stereocenters. The van der Waals surface area contributed by atoms with Crippen molar-refractivity contribution < 1.29 is 0 Å². The highest BCUT2D eigenvalue weighted by atomic mass is 15.1. The van der Waals surface area contributed by atoms with Gasteiger partial charge in [-0.15, -0.1) is 0 Å². The molecule has 0 fully saturated rings. The standard InChI is InChI=1S/C32H22N8/c1-3-17-18(4-2)26-33-25(17)34-27-19-11-5-7-13-21(19)29(36-27)38-31-23-15-9-10-16-24(23)32(40-31)39-30-22-14-8-6-12-20(22)28(35-26)37-30/h3-16H,1-2H3,(H2,33,34,35,36,37,38,39,40)/b17-3+,18-4+. The number of fused-ring (bicyclic) bond motifs is 17. The molecule has 8 rings (SSSR count). The van der Waals surface area contributed by atoms with Crippen LogP contribution in [0.5, 0.6) is 0 Å². The number of rotatable bonds is 0. The van der Waals surface area contributed by atoms with Crippen LogP contribution in [0.4, 0.5) is 0 Å². The third kappa shape index (κ3) is 3.26. The molecule has 2 N–H and O–H groups in total. The van der Waals surface area contributed by atoms with Crippen LogP contribution in [0.1, 0.15) is 25.5 Å². The fourth-order valence-electron chi connectivity index (χ4n) is 5.53. The summed E-state index contributed by atoms with van der Waals surface area (Å²) in [5.74, 6) is 2.39. The van der Waals surface area contributed by atoms with Crippen molar-refractivity contribution in [1.82, 2.24) is 39.9 Å². The number of H-pyrrole nitrogens is 2. The maximum atomic E-state index is 5.02. The van der Waals surface area contributed by atoms with Gasteiger partial charge >= 0.3 is 0 Å². The maximum Gasteiger partial charge on any atom is 0.164 e. The Morgan fingerprint density at radius 3 is 1.12 bits per heavy atom. The monoisotopic (exact) mass is 518 g/mol. The third-order valence-electron chi connectivity index (χ3n) is 7.40. The van der Waals surface area contributed by atoms with E-state index in [0.29, 0.717) is 45.9 Å². The van der Waals surface area contributed by atoms with Gasteiger partial charge in [-0.1, -0.05) is 84.9 Å². The topological polar surface area (TPSA) is 109 Å². The lowest BCUT2D eigenvalue weighted by Gasteiger charge is -1.98. The second-order valence-electron chi connectivity index (χ2n) is 9.65. The number of nitrogens with one attached hydrogen (secondary N) is 2. The number of benzene rings is 3. The number of hydrogen-bond donors (Lipinski definition) is 2. The van der Waals surface area contributed by atoms with Crippen LogP contribution in [0.25, 0.3) is 78.1 Å². The van der Waals surface area contributed by atoms with Gasteiger partial charge in [0.25, 0.3) is 0 Å². The van der Waals surface area contributed by atoms with E-state index in [2.05, 4.69) is 9.97 Å². The molecule has 0 unspecified atom stereocenters. The van der Waals surface area contributed by atoms with E-state index in [9.17, 15) is 0 Å². The maximum absolute atomic E-state index is 5.02. The summed E-state index contributed by atoms with van der Waals surface area (Å²) in [4.78, 5) is 36.8. The van der Waals surface area contributed by atoms with E-state index in [1.807, 2.05) is 98.8 Å². The summed E-state index contributed by atoms with van der Waals surface area (Å²) >= 11 is 0. The van der Waals surface area contributed by atoms with Gasteiger partial charge in [-0.2, -0.15) is 0 Å². The Bertz CT molecular complexity index is 2100. The second kappa shape index (κ2) is 8.51. The highest BCUT2D eigenvalue weighted by Crippen LogP contribution is 2.36. The van der Waals surface area contributed by atoms with Crippen LogP contribution >= 0.6 is 0 Å². The van der Waals surface area contributed by atoms with E-state index in [0.717, 1.165) is 43.8 Å². The van der Waals surface area contributed by atoms with Crippen molar-refractivity contribution in [2.75, 3.05) is 0 Å². The zero-order chi connectivity index (χ0) is 26.8. The molecule has 2 aliphatic heterocycles. The summed E-state index contributed by atoms with van der Waals surface area (Å²) in [5, 5.41) is 3.82. The van der Waals surface area contributed by atoms with Crippen molar-refractivity contribution in [3.8, 4) is 22.8 Å².